The van der Waals surface area contributed by atoms with Crippen molar-refractivity contribution >= 4 is 28.4 Å². The fraction of sp³-hybridized carbons (Fsp3) is 0.150. The van der Waals surface area contributed by atoms with Gasteiger partial charge in [-0.15, -0.1) is 0 Å². The van der Waals surface area contributed by atoms with E-state index in [0.717, 1.165) is 5.69 Å². The second kappa shape index (κ2) is 6.09. The third-order valence-electron chi connectivity index (χ3n) is 4.42. The molecular weight excluding hydrogens is 319 g/mol. The van der Waals surface area contributed by atoms with E-state index in [4.69, 9.17) is 0 Å². The molecule has 4 nitrogen and oxygen atoms in total. The summed E-state index contributed by atoms with van der Waals surface area (Å²) in [5, 5.41) is 0.712. The van der Waals surface area contributed by atoms with Gasteiger partial charge in [0.05, 0.1) is 17.1 Å². The zero-order valence-electron chi connectivity index (χ0n) is 13.4. The summed E-state index contributed by atoms with van der Waals surface area (Å²) in [5.41, 5.74) is 2.00. The molecule has 0 N–H and O–H groups in total. The fourth-order valence-electron chi connectivity index (χ4n) is 3.21. The molecule has 0 spiro atoms. The van der Waals surface area contributed by atoms with Crippen LogP contribution in [-0.4, -0.2) is 16.8 Å². The summed E-state index contributed by atoms with van der Waals surface area (Å²) < 4.78 is 13.2. The van der Waals surface area contributed by atoms with Crippen molar-refractivity contribution in [1.29, 1.82) is 0 Å². The molecule has 1 aliphatic heterocycles. The molecule has 2 heterocycles. The molecule has 1 fully saturated rings. The van der Waals surface area contributed by atoms with Crippen LogP contribution in [0.15, 0.2) is 60.7 Å². The molecule has 0 bridgehead atoms. The maximum Gasteiger partial charge on any atom is 0.237 e. The average molecular weight is 334 g/mol. The van der Waals surface area contributed by atoms with Crippen LogP contribution in [0.2, 0.25) is 0 Å². The van der Waals surface area contributed by atoms with Crippen molar-refractivity contribution in [1.82, 2.24) is 4.98 Å². The van der Waals surface area contributed by atoms with Crippen LogP contribution < -0.4 is 4.90 Å². The monoisotopic (exact) mass is 334 g/mol. The van der Waals surface area contributed by atoms with E-state index in [0.29, 0.717) is 23.0 Å². The minimum atomic E-state index is -0.418. The maximum absolute atomic E-state index is 13.2. The number of hydrogen-bond acceptors (Lipinski definition) is 3. The maximum atomic E-state index is 13.2. The Morgan fingerprint density at radius 3 is 2.64 bits per heavy atom. The molecule has 124 valence electrons. The minimum Gasteiger partial charge on any atom is -0.274 e. The number of pyridine rings is 1. The molecule has 1 atom stereocenters. The molecule has 1 unspecified atom stereocenters. The van der Waals surface area contributed by atoms with Crippen molar-refractivity contribution in [2.24, 2.45) is 5.92 Å². The largest absolute Gasteiger partial charge is 0.274 e. The number of anilines is 1. The van der Waals surface area contributed by atoms with Crippen molar-refractivity contribution in [3.8, 4) is 0 Å². The van der Waals surface area contributed by atoms with Gasteiger partial charge in [-0.2, -0.15) is 0 Å². The molecule has 0 saturated carbocycles. The normalized spacial score (nSPS) is 17.5. The molecule has 0 radical (unpaired) electrons. The minimum absolute atomic E-state index is 0.177. The van der Waals surface area contributed by atoms with Gasteiger partial charge in [0.1, 0.15) is 5.82 Å². The number of benzene rings is 2. The lowest BCUT2D eigenvalue weighted by Crippen LogP contribution is -2.30. The molecule has 1 aliphatic rings. The molecule has 0 aliphatic carbocycles. The van der Waals surface area contributed by atoms with E-state index in [1.807, 2.05) is 6.07 Å². The number of carbonyl (C=O) groups excluding carboxylic acids is 2. The second-order valence-corrected chi connectivity index (χ2v) is 6.15. The van der Waals surface area contributed by atoms with Gasteiger partial charge in [-0.3, -0.25) is 19.5 Å². The van der Waals surface area contributed by atoms with Crippen LogP contribution >= 0.6 is 0 Å². The van der Waals surface area contributed by atoms with Gasteiger partial charge in [-0.25, -0.2) is 4.39 Å². The smallest absolute Gasteiger partial charge is 0.237 e. The summed E-state index contributed by atoms with van der Waals surface area (Å²) in [6.45, 7) is 0. The van der Waals surface area contributed by atoms with Crippen LogP contribution in [0.5, 0.6) is 0 Å². The van der Waals surface area contributed by atoms with E-state index in [2.05, 4.69) is 4.98 Å². The Bertz CT molecular complexity index is 972. The molecule has 5 heteroatoms. The van der Waals surface area contributed by atoms with Crippen LogP contribution in [0.3, 0.4) is 0 Å². The fourth-order valence-corrected chi connectivity index (χ4v) is 3.21. The Balaban J connectivity index is 1.58. The first-order valence-corrected chi connectivity index (χ1v) is 8.09. The van der Waals surface area contributed by atoms with Gasteiger partial charge in [-0.1, -0.05) is 24.3 Å². The van der Waals surface area contributed by atoms with E-state index in [-0.39, 0.29) is 24.1 Å². The number of hydrogen-bond donors (Lipinski definition) is 0. The van der Waals surface area contributed by atoms with Gasteiger partial charge in [0.2, 0.25) is 11.8 Å². The first kappa shape index (κ1) is 15.4. The lowest BCUT2D eigenvalue weighted by atomic mass is 10.0. The van der Waals surface area contributed by atoms with Crippen molar-refractivity contribution in [3.05, 3.63) is 72.2 Å². The molecule has 2 amide bonds. The Kier molecular flexibility index (Phi) is 3.76. The van der Waals surface area contributed by atoms with Gasteiger partial charge in [-0.05, 0) is 36.4 Å². The zero-order valence-corrected chi connectivity index (χ0v) is 13.4. The summed E-state index contributed by atoms with van der Waals surface area (Å²) in [6, 6.07) is 16.9. The van der Waals surface area contributed by atoms with Crippen molar-refractivity contribution in [2.45, 2.75) is 12.8 Å². The van der Waals surface area contributed by atoms with E-state index in [9.17, 15) is 14.0 Å². The SMILES string of the molecule is O=C1CC(Cc2ccc3cc(F)ccc3n2)C(=O)N1c1ccccc1. The standard InChI is InChI=1S/C20H15FN2O2/c21-15-7-9-18-13(10-15)6-8-16(22-18)11-14-12-19(24)23(20(14)25)17-4-2-1-3-5-17/h1-10,14H,11-12H2. The van der Waals surface area contributed by atoms with E-state index < -0.39 is 5.92 Å². The summed E-state index contributed by atoms with van der Waals surface area (Å²) in [4.78, 5) is 30.7. The topological polar surface area (TPSA) is 50.3 Å². The highest BCUT2D eigenvalue weighted by Gasteiger charge is 2.39. The highest BCUT2D eigenvalue weighted by molar-refractivity contribution is 6.20. The molecule has 2 aromatic carbocycles. The number of imide groups is 1. The highest BCUT2D eigenvalue weighted by Crippen LogP contribution is 2.28. The predicted octanol–water partition coefficient (Wildman–Crippen LogP) is 3.50. The van der Waals surface area contributed by atoms with Crippen LogP contribution in [0.25, 0.3) is 10.9 Å². The number of para-hydroxylation sites is 1. The number of nitrogens with zero attached hydrogens (tertiary/aromatic N) is 2. The highest BCUT2D eigenvalue weighted by atomic mass is 19.1. The van der Waals surface area contributed by atoms with E-state index in [1.54, 1.807) is 42.5 Å². The Hall–Kier alpha value is -3.08. The summed E-state index contributed by atoms with van der Waals surface area (Å²) in [5.74, 6) is -1.11. The average Bonchev–Trinajstić information content (AvgIpc) is 2.89. The zero-order chi connectivity index (χ0) is 17.4. The van der Waals surface area contributed by atoms with Gasteiger partial charge < -0.3 is 0 Å². The molecule has 25 heavy (non-hydrogen) atoms. The quantitative estimate of drug-likeness (QED) is 0.689. The molecular formula is C20H15FN2O2. The van der Waals surface area contributed by atoms with Crippen LogP contribution in [0.1, 0.15) is 12.1 Å². The van der Waals surface area contributed by atoms with Gasteiger partial charge in [0, 0.05) is 23.9 Å². The van der Waals surface area contributed by atoms with Gasteiger partial charge in [0.15, 0.2) is 0 Å². The summed E-state index contributed by atoms with van der Waals surface area (Å²) in [7, 11) is 0. The lowest BCUT2D eigenvalue weighted by molar-refractivity contribution is -0.122. The van der Waals surface area contributed by atoms with Crippen LogP contribution in [-0.2, 0) is 16.0 Å². The Morgan fingerprint density at radius 1 is 1.04 bits per heavy atom. The van der Waals surface area contributed by atoms with E-state index >= 15 is 0 Å². The Morgan fingerprint density at radius 2 is 1.84 bits per heavy atom. The molecule has 1 saturated heterocycles. The first-order chi connectivity index (χ1) is 12.1. The first-order valence-electron chi connectivity index (χ1n) is 8.09. The van der Waals surface area contributed by atoms with Crippen LogP contribution in [0, 0.1) is 11.7 Å². The van der Waals surface area contributed by atoms with Gasteiger partial charge >= 0.3 is 0 Å². The number of rotatable bonds is 3. The number of aromatic nitrogens is 1. The van der Waals surface area contributed by atoms with Crippen molar-refractivity contribution in [2.75, 3.05) is 4.90 Å². The Labute approximate surface area is 143 Å². The number of amides is 2. The molecule has 1 aromatic heterocycles. The third-order valence-corrected chi connectivity index (χ3v) is 4.42. The number of fused-ring (bicyclic) bond motifs is 1. The summed E-state index contributed by atoms with van der Waals surface area (Å²) in [6.07, 6.45) is 0.568. The van der Waals surface area contributed by atoms with E-state index in [1.165, 1.54) is 17.0 Å². The number of carbonyl (C=O) groups is 2. The third kappa shape index (κ3) is 2.89. The lowest BCUT2D eigenvalue weighted by Gasteiger charge is -2.14. The molecule has 3 aromatic rings. The number of halogens is 1. The van der Waals surface area contributed by atoms with Crippen LogP contribution in [0.4, 0.5) is 10.1 Å². The van der Waals surface area contributed by atoms with Crippen molar-refractivity contribution in [3.63, 3.8) is 0 Å². The second-order valence-electron chi connectivity index (χ2n) is 6.15. The predicted molar refractivity (Wildman–Crippen MR) is 92.4 cm³/mol. The van der Waals surface area contributed by atoms with Gasteiger partial charge in [0.25, 0.3) is 0 Å². The molecule has 4 rings (SSSR count). The van der Waals surface area contributed by atoms with Crippen molar-refractivity contribution < 1.29 is 14.0 Å². The summed E-state index contributed by atoms with van der Waals surface area (Å²) >= 11 is 0.